The third kappa shape index (κ3) is 4.94. The highest BCUT2D eigenvalue weighted by Gasteiger charge is 2.52. The van der Waals surface area contributed by atoms with E-state index in [0.29, 0.717) is 0 Å². The zero-order valence-corrected chi connectivity index (χ0v) is 36.7. The molecule has 0 aliphatic heterocycles. The molecular weight excluding hydrogens is 809 g/mol. The maximum atomic E-state index is 2.55. The van der Waals surface area contributed by atoms with Crippen LogP contribution in [0.3, 0.4) is 0 Å². The Labute approximate surface area is 389 Å². The second-order valence-corrected chi connectivity index (χ2v) is 18.6. The lowest BCUT2D eigenvalue weighted by Crippen LogP contribution is -2.26. The Morgan fingerprint density at radius 2 is 0.970 bits per heavy atom. The summed E-state index contributed by atoms with van der Waals surface area (Å²) in [6.07, 6.45) is 6.79. The van der Waals surface area contributed by atoms with E-state index in [0.717, 1.165) is 29.9 Å². The number of para-hydroxylation sites is 3. The zero-order valence-electron chi connectivity index (χ0n) is 36.7. The first kappa shape index (κ1) is 36.8. The number of nitrogens with zero attached hydrogens (tertiary/aromatic N) is 2. The summed E-state index contributed by atoms with van der Waals surface area (Å²) in [4.78, 5) is 2.40. The average molecular weight is 851 g/mol. The Hall–Kier alpha value is -8.46. The zero-order chi connectivity index (χ0) is 43.8. The first-order valence-corrected chi connectivity index (χ1v) is 23.6. The van der Waals surface area contributed by atoms with Crippen molar-refractivity contribution >= 4 is 66.4 Å². The van der Waals surface area contributed by atoms with Crippen LogP contribution < -0.4 is 4.90 Å². The normalized spacial score (nSPS) is 13.9. The Morgan fingerprint density at radius 3 is 1.70 bits per heavy atom. The minimum absolute atomic E-state index is 0.516. The van der Waals surface area contributed by atoms with Crippen LogP contribution in [-0.2, 0) is 11.8 Å². The van der Waals surface area contributed by atoms with Crippen molar-refractivity contribution in [1.29, 1.82) is 0 Å². The second-order valence-electron chi connectivity index (χ2n) is 18.6. The summed E-state index contributed by atoms with van der Waals surface area (Å²) in [6, 6.07) is 82.0. The quantitative estimate of drug-likeness (QED) is 0.157. The van der Waals surface area contributed by atoms with E-state index in [-0.39, 0.29) is 0 Å². The Kier molecular flexibility index (Phi) is 7.57. The van der Waals surface area contributed by atoms with Crippen molar-refractivity contribution in [3.8, 4) is 39.1 Å². The third-order valence-corrected chi connectivity index (χ3v) is 15.4. The SMILES string of the molecule is C1=Cc2c(c3c4ccc5ccc(-c6ccc7c(c6)C6(c8ccccc8-c8ccccc86)c6cc(N(c8ccccc8)c8ccccc8)ccc6-7)c6ccc(cc3n2-c2ccccc2)c4c56)CC1. The summed E-state index contributed by atoms with van der Waals surface area (Å²) in [5.74, 6) is 0. The van der Waals surface area contributed by atoms with Gasteiger partial charge in [-0.25, -0.2) is 0 Å². The molecule has 11 aromatic carbocycles. The van der Waals surface area contributed by atoms with E-state index >= 15 is 0 Å². The fourth-order valence-electron chi connectivity index (χ4n) is 12.7. The number of anilines is 3. The summed E-state index contributed by atoms with van der Waals surface area (Å²) in [7, 11) is 0. The molecule has 0 atom stereocenters. The van der Waals surface area contributed by atoms with Gasteiger partial charge in [-0.3, -0.25) is 0 Å². The molecule has 3 aliphatic rings. The van der Waals surface area contributed by atoms with Gasteiger partial charge in [-0.15, -0.1) is 0 Å². The van der Waals surface area contributed by atoms with Gasteiger partial charge in [0, 0.05) is 33.8 Å². The minimum Gasteiger partial charge on any atom is -0.310 e. The lowest BCUT2D eigenvalue weighted by atomic mass is 9.70. The fourth-order valence-corrected chi connectivity index (χ4v) is 12.7. The highest BCUT2D eigenvalue weighted by molar-refractivity contribution is 6.31. The van der Waals surface area contributed by atoms with E-state index in [2.05, 4.69) is 240 Å². The topological polar surface area (TPSA) is 8.17 Å². The van der Waals surface area contributed by atoms with E-state index in [1.165, 1.54) is 116 Å². The van der Waals surface area contributed by atoms with Gasteiger partial charge in [0.15, 0.2) is 0 Å². The van der Waals surface area contributed by atoms with Gasteiger partial charge < -0.3 is 9.47 Å². The molecule has 0 bridgehead atoms. The first-order valence-electron chi connectivity index (χ1n) is 23.6. The van der Waals surface area contributed by atoms with Gasteiger partial charge in [-0.05, 0) is 173 Å². The van der Waals surface area contributed by atoms with Crippen LogP contribution in [0.25, 0.3) is 88.4 Å². The molecule has 12 aromatic rings. The monoisotopic (exact) mass is 850 g/mol. The number of hydrogen-bond donors (Lipinski definition) is 0. The van der Waals surface area contributed by atoms with Crippen molar-refractivity contribution in [3.05, 3.63) is 258 Å². The van der Waals surface area contributed by atoms with Crippen LogP contribution >= 0.6 is 0 Å². The number of aromatic nitrogens is 1. The largest absolute Gasteiger partial charge is 0.310 e. The smallest absolute Gasteiger partial charge is 0.0726 e. The number of hydrogen-bond acceptors (Lipinski definition) is 1. The number of allylic oxidation sites excluding steroid dienone is 1. The molecule has 0 saturated carbocycles. The van der Waals surface area contributed by atoms with Gasteiger partial charge in [0.25, 0.3) is 0 Å². The Bertz CT molecular complexity index is 3940. The van der Waals surface area contributed by atoms with Gasteiger partial charge in [0.2, 0.25) is 0 Å². The molecule has 312 valence electrons. The van der Waals surface area contributed by atoms with Crippen molar-refractivity contribution in [3.63, 3.8) is 0 Å². The van der Waals surface area contributed by atoms with Crippen molar-refractivity contribution in [2.24, 2.45) is 0 Å². The third-order valence-electron chi connectivity index (χ3n) is 15.4. The van der Waals surface area contributed by atoms with Crippen LogP contribution in [0.4, 0.5) is 17.1 Å². The number of fused-ring (bicyclic) bond motifs is 14. The molecule has 67 heavy (non-hydrogen) atoms. The van der Waals surface area contributed by atoms with Crippen molar-refractivity contribution < 1.29 is 0 Å². The van der Waals surface area contributed by atoms with Crippen molar-refractivity contribution in [2.75, 3.05) is 4.90 Å². The lowest BCUT2D eigenvalue weighted by Gasteiger charge is -2.32. The molecule has 15 rings (SSSR count). The average Bonchev–Trinajstić information content (AvgIpc) is 4.00. The van der Waals surface area contributed by atoms with E-state index in [4.69, 9.17) is 0 Å². The molecule has 0 amide bonds. The van der Waals surface area contributed by atoms with Gasteiger partial charge in [0.1, 0.15) is 0 Å². The molecule has 1 aromatic heterocycles. The summed E-state index contributed by atoms with van der Waals surface area (Å²) in [6.45, 7) is 0. The molecule has 2 nitrogen and oxygen atoms in total. The van der Waals surface area contributed by atoms with Gasteiger partial charge in [0.05, 0.1) is 10.9 Å². The highest BCUT2D eigenvalue weighted by atomic mass is 15.1. The fraction of sp³-hybridized carbons (Fsp3) is 0.0462. The maximum Gasteiger partial charge on any atom is 0.0726 e. The van der Waals surface area contributed by atoms with Crippen molar-refractivity contribution in [2.45, 2.75) is 18.3 Å². The predicted octanol–water partition coefficient (Wildman–Crippen LogP) is 17.0. The highest BCUT2D eigenvalue weighted by Crippen LogP contribution is 2.64. The second kappa shape index (κ2) is 13.8. The van der Waals surface area contributed by atoms with E-state index < -0.39 is 5.41 Å². The van der Waals surface area contributed by atoms with Crippen molar-refractivity contribution in [1.82, 2.24) is 4.57 Å². The molecule has 2 heteroatoms. The molecule has 0 unspecified atom stereocenters. The van der Waals surface area contributed by atoms with Gasteiger partial charge >= 0.3 is 0 Å². The molecule has 1 heterocycles. The van der Waals surface area contributed by atoms with E-state index in [1.807, 2.05) is 0 Å². The standard InChI is InChI=1S/C65H42N2/c1-4-16-44(17-5-1)66(45-18-6-2-7-19-45)47-32-37-52-51-34-30-42(38-58(51)65(59(52)40-47)56-25-13-10-22-49(56)50-23-11-14-26-57(50)65)48-33-28-41-29-36-55-63-43(31-35-53(48)62(41)63)39-61-64(55)54-24-12-15-27-60(54)67(61)46-20-8-3-9-21-46/h1-11,13-23,25-40H,12,24H2. The number of rotatable bonds is 5. The first-order chi connectivity index (χ1) is 33.3. The van der Waals surface area contributed by atoms with Crippen LogP contribution in [0.15, 0.2) is 224 Å². The Balaban J connectivity index is 0.973. The molecular formula is C65H42N2. The molecule has 3 aliphatic carbocycles. The van der Waals surface area contributed by atoms with Crippen LogP contribution in [0.1, 0.15) is 39.9 Å². The van der Waals surface area contributed by atoms with Crippen LogP contribution in [-0.4, -0.2) is 4.57 Å². The molecule has 0 saturated heterocycles. The molecule has 0 radical (unpaired) electrons. The van der Waals surface area contributed by atoms with Crippen LogP contribution in [0.2, 0.25) is 0 Å². The maximum absolute atomic E-state index is 2.55. The van der Waals surface area contributed by atoms with Crippen LogP contribution in [0, 0.1) is 0 Å². The summed E-state index contributed by atoms with van der Waals surface area (Å²) < 4.78 is 2.49. The summed E-state index contributed by atoms with van der Waals surface area (Å²) in [5, 5.41) is 9.32. The summed E-state index contributed by atoms with van der Waals surface area (Å²) >= 11 is 0. The van der Waals surface area contributed by atoms with E-state index in [1.54, 1.807) is 0 Å². The van der Waals surface area contributed by atoms with Gasteiger partial charge in [-0.2, -0.15) is 0 Å². The van der Waals surface area contributed by atoms with E-state index in [9.17, 15) is 0 Å². The minimum atomic E-state index is -0.516. The number of benzene rings is 11. The van der Waals surface area contributed by atoms with Gasteiger partial charge in [-0.1, -0.05) is 164 Å². The molecule has 0 N–H and O–H groups in total. The molecule has 1 spiro atoms. The Morgan fingerprint density at radius 1 is 0.403 bits per heavy atom. The summed E-state index contributed by atoms with van der Waals surface area (Å²) in [5.41, 5.74) is 21.2. The number of aryl methyl sites for hydroxylation is 1. The predicted molar refractivity (Wildman–Crippen MR) is 281 cm³/mol. The lowest BCUT2D eigenvalue weighted by molar-refractivity contribution is 0.794. The van der Waals surface area contributed by atoms with Crippen LogP contribution in [0.5, 0.6) is 0 Å². The molecule has 0 fully saturated rings.